The lowest BCUT2D eigenvalue weighted by Gasteiger charge is -2.15. The van der Waals surface area contributed by atoms with Crippen molar-refractivity contribution in [3.8, 4) is 0 Å². The van der Waals surface area contributed by atoms with Gasteiger partial charge in [0.15, 0.2) is 5.65 Å². The summed E-state index contributed by atoms with van der Waals surface area (Å²) in [5.74, 6) is 3.89. The highest BCUT2D eigenvalue weighted by molar-refractivity contribution is 5.77. The lowest BCUT2D eigenvalue weighted by molar-refractivity contribution is -0.122. The number of aryl methyl sites for hydroxylation is 2. The molecule has 3 aliphatic rings. The maximum Gasteiger partial charge on any atom is 0.262 e. The summed E-state index contributed by atoms with van der Waals surface area (Å²) < 4.78 is 1.58. The van der Waals surface area contributed by atoms with Gasteiger partial charge in [0, 0.05) is 25.9 Å². The number of H-pyrrole nitrogens is 1. The highest BCUT2D eigenvalue weighted by atomic mass is 16.1. The Labute approximate surface area is 132 Å². The van der Waals surface area contributed by atoms with Gasteiger partial charge in [0.2, 0.25) is 5.91 Å². The van der Waals surface area contributed by atoms with Crippen LogP contribution in [0.15, 0.2) is 11.0 Å². The molecule has 5 rings (SSSR count). The minimum absolute atomic E-state index is 0.0703. The number of amides is 1. The summed E-state index contributed by atoms with van der Waals surface area (Å²) in [5, 5.41) is 7.73. The second-order valence-corrected chi connectivity index (χ2v) is 7.24. The fourth-order valence-corrected chi connectivity index (χ4v) is 4.50. The normalized spacial score (nSPS) is 33.3. The summed E-state index contributed by atoms with van der Waals surface area (Å²) in [4.78, 5) is 31.4. The second kappa shape index (κ2) is 4.43. The second-order valence-electron chi connectivity index (χ2n) is 7.24. The van der Waals surface area contributed by atoms with E-state index >= 15 is 0 Å². The van der Waals surface area contributed by atoms with Crippen LogP contribution < -0.4 is 10.9 Å². The molecule has 23 heavy (non-hydrogen) atoms. The first-order valence-corrected chi connectivity index (χ1v) is 8.32. The summed E-state index contributed by atoms with van der Waals surface area (Å²) in [7, 11) is 1.75. The van der Waals surface area contributed by atoms with Crippen LogP contribution in [0.25, 0.3) is 11.0 Å². The van der Waals surface area contributed by atoms with Crippen molar-refractivity contribution in [3.05, 3.63) is 22.4 Å². The SMILES string of the molecule is Cn1ncc2c(=O)[nH]c(CCC(=O)NC3[C@@H]4C[C@@H]4[C@H]4C[C@@H]34)nc21. The summed E-state index contributed by atoms with van der Waals surface area (Å²) in [6.45, 7) is 0. The Morgan fingerprint density at radius 1 is 1.35 bits per heavy atom. The molecule has 0 saturated heterocycles. The Morgan fingerprint density at radius 2 is 2.09 bits per heavy atom. The Kier molecular flexibility index (Phi) is 2.56. The third-order valence-electron chi connectivity index (χ3n) is 5.82. The Hall–Kier alpha value is -2.18. The molecule has 1 amide bonds. The molecule has 0 unspecified atom stereocenters. The van der Waals surface area contributed by atoms with Gasteiger partial charge in [0.05, 0.1) is 6.20 Å². The van der Waals surface area contributed by atoms with Gasteiger partial charge in [-0.3, -0.25) is 14.3 Å². The van der Waals surface area contributed by atoms with Crippen molar-refractivity contribution in [3.63, 3.8) is 0 Å². The highest BCUT2D eigenvalue weighted by Gasteiger charge is 2.67. The zero-order valence-corrected chi connectivity index (χ0v) is 13.0. The molecule has 7 heteroatoms. The van der Waals surface area contributed by atoms with Crippen molar-refractivity contribution in [2.75, 3.05) is 0 Å². The van der Waals surface area contributed by atoms with Crippen molar-refractivity contribution in [2.24, 2.45) is 30.7 Å². The van der Waals surface area contributed by atoms with E-state index in [0.717, 1.165) is 23.7 Å². The number of nitrogens with zero attached hydrogens (tertiary/aromatic N) is 3. The van der Waals surface area contributed by atoms with E-state index in [-0.39, 0.29) is 11.5 Å². The molecule has 0 aliphatic heterocycles. The molecule has 0 bridgehead atoms. The van der Waals surface area contributed by atoms with Gasteiger partial charge in [-0.2, -0.15) is 5.10 Å². The first kappa shape index (κ1) is 13.3. The van der Waals surface area contributed by atoms with E-state index in [2.05, 4.69) is 20.4 Å². The van der Waals surface area contributed by atoms with Crippen molar-refractivity contribution < 1.29 is 4.79 Å². The van der Waals surface area contributed by atoms with Crippen LogP contribution in [-0.2, 0) is 18.3 Å². The number of aromatic nitrogens is 4. The van der Waals surface area contributed by atoms with E-state index < -0.39 is 0 Å². The third kappa shape index (κ3) is 2.02. The summed E-state index contributed by atoms with van der Waals surface area (Å²) in [6, 6.07) is 0.407. The fraction of sp³-hybridized carbons (Fsp3) is 0.625. The Bertz CT molecular complexity index is 853. The van der Waals surface area contributed by atoms with Gasteiger partial charge in [-0.1, -0.05) is 0 Å². The lowest BCUT2D eigenvalue weighted by atomic mass is 10.1. The molecule has 3 saturated carbocycles. The van der Waals surface area contributed by atoms with Gasteiger partial charge in [-0.05, 0) is 36.5 Å². The molecule has 0 spiro atoms. The number of hydrogen-bond acceptors (Lipinski definition) is 4. The molecule has 3 aliphatic carbocycles. The number of carbonyl (C=O) groups is 1. The van der Waals surface area contributed by atoms with Crippen LogP contribution in [0, 0.1) is 23.7 Å². The van der Waals surface area contributed by atoms with E-state index in [9.17, 15) is 9.59 Å². The topological polar surface area (TPSA) is 92.7 Å². The zero-order chi connectivity index (χ0) is 15.7. The number of aromatic amines is 1. The summed E-state index contributed by atoms with van der Waals surface area (Å²) in [6.07, 6.45) is 4.92. The van der Waals surface area contributed by atoms with E-state index in [4.69, 9.17) is 0 Å². The van der Waals surface area contributed by atoms with Crippen molar-refractivity contribution >= 4 is 16.9 Å². The molecule has 2 heterocycles. The number of rotatable bonds is 4. The summed E-state index contributed by atoms with van der Waals surface area (Å²) in [5.41, 5.74) is 0.359. The van der Waals surface area contributed by atoms with E-state index in [1.165, 1.54) is 19.0 Å². The standard InChI is InChI=1S/C16H19N5O2/c1-21-15-11(6-17-21)16(23)19-12(18-15)2-3-13(22)20-14-9-4-7(9)8-5-10(8)14/h6-10,14H,2-5H2,1H3,(H,20,22)(H,18,19,23)/t7-,8-,9-,10-/m1/s1. The van der Waals surface area contributed by atoms with Crippen LogP contribution in [0.5, 0.6) is 0 Å². The minimum Gasteiger partial charge on any atom is -0.353 e. The maximum atomic E-state index is 12.2. The number of nitrogens with one attached hydrogen (secondary N) is 2. The van der Waals surface area contributed by atoms with Gasteiger partial charge < -0.3 is 10.3 Å². The molecule has 120 valence electrons. The van der Waals surface area contributed by atoms with Gasteiger partial charge in [0.25, 0.3) is 5.56 Å². The van der Waals surface area contributed by atoms with E-state index in [1.54, 1.807) is 11.7 Å². The number of fused-ring (bicyclic) bond motifs is 4. The van der Waals surface area contributed by atoms with E-state index in [1.807, 2.05) is 0 Å². The number of hydrogen-bond donors (Lipinski definition) is 2. The predicted molar refractivity (Wildman–Crippen MR) is 82.6 cm³/mol. The van der Waals surface area contributed by atoms with Crippen molar-refractivity contribution in [2.45, 2.75) is 31.7 Å². The first-order valence-electron chi connectivity index (χ1n) is 8.32. The summed E-state index contributed by atoms with van der Waals surface area (Å²) >= 11 is 0. The Morgan fingerprint density at radius 3 is 2.83 bits per heavy atom. The minimum atomic E-state index is -0.198. The third-order valence-corrected chi connectivity index (χ3v) is 5.82. The smallest absolute Gasteiger partial charge is 0.262 e. The molecular formula is C16H19N5O2. The average Bonchev–Trinajstić information content (AvgIpc) is 3.41. The van der Waals surface area contributed by atoms with E-state index in [0.29, 0.717) is 35.7 Å². The fourth-order valence-electron chi connectivity index (χ4n) is 4.50. The molecule has 2 aromatic heterocycles. The predicted octanol–water partition coefficient (Wildman–Crippen LogP) is 0.360. The zero-order valence-electron chi connectivity index (χ0n) is 13.0. The van der Waals surface area contributed by atoms with Crippen LogP contribution in [-0.4, -0.2) is 31.7 Å². The average molecular weight is 313 g/mol. The molecule has 0 radical (unpaired) electrons. The van der Waals surface area contributed by atoms with Crippen LogP contribution in [0.3, 0.4) is 0 Å². The molecule has 2 N–H and O–H groups in total. The maximum absolute atomic E-state index is 12.2. The quantitative estimate of drug-likeness (QED) is 0.852. The van der Waals surface area contributed by atoms with Crippen LogP contribution >= 0.6 is 0 Å². The Balaban J connectivity index is 1.26. The molecule has 2 aromatic rings. The molecule has 0 aromatic carbocycles. The van der Waals surface area contributed by atoms with Gasteiger partial charge in [0.1, 0.15) is 11.2 Å². The van der Waals surface area contributed by atoms with Crippen LogP contribution in [0.1, 0.15) is 25.1 Å². The lowest BCUT2D eigenvalue weighted by Crippen LogP contribution is -2.37. The largest absolute Gasteiger partial charge is 0.353 e. The van der Waals surface area contributed by atoms with Gasteiger partial charge in [-0.15, -0.1) is 0 Å². The van der Waals surface area contributed by atoms with Crippen LogP contribution in [0.4, 0.5) is 0 Å². The molecule has 3 fully saturated rings. The first-order chi connectivity index (χ1) is 11.1. The van der Waals surface area contributed by atoms with Gasteiger partial charge in [-0.25, -0.2) is 4.98 Å². The van der Waals surface area contributed by atoms with Gasteiger partial charge >= 0.3 is 0 Å². The van der Waals surface area contributed by atoms with Crippen molar-refractivity contribution in [1.82, 2.24) is 25.1 Å². The molecule has 4 atom stereocenters. The monoisotopic (exact) mass is 313 g/mol. The molecule has 7 nitrogen and oxygen atoms in total. The molecular weight excluding hydrogens is 294 g/mol. The number of carbonyl (C=O) groups excluding carboxylic acids is 1. The highest BCUT2D eigenvalue weighted by Crippen LogP contribution is 2.69. The van der Waals surface area contributed by atoms with Crippen molar-refractivity contribution in [1.29, 1.82) is 0 Å². The van der Waals surface area contributed by atoms with Crippen LogP contribution in [0.2, 0.25) is 0 Å².